The highest BCUT2D eigenvalue weighted by Crippen LogP contribution is 1.95. The van der Waals surface area contributed by atoms with E-state index in [1.165, 1.54) is 0 Å². The molecule has 0 aliphatic heterocycles. The Labute approximate surface area is 44.2 Å². The van der Waals surface area contributed by atoms with E-state index < -0.39 is 12.8 Å². The van der Waals surface area contributed by atoms with Crippen molar-refractivity contribution >= 4 is 6.16 Å². The molecule has 0 aliphatic rings. The monoisotopic (exact) mass is 126 g/mol. The molecular weight excluding hydrogens is 122 g/mol. The minimum atomic E-state index is -3.09. The van der Waals surface area contributed by atoms with Gasteiger partial charge in [-0.2, -0.15) is 8.78 Å². The van der Waals surface area contributed by atoms with Gasteiger partial charge in [0, 0.05) is 0 Å². The molecule has 0 spiro atoms. The number of carbonyl (C=O) groups excluding carboxylic acids is 1. The molecule has 5 heteroatoms. The second-order valence-corrected chi connectivity index (χ2v) is 0.833. The zero-order valence-electron chi connectivity index (χ0n) is 4.06. The second kappa shape index (κ2) is 3.17. The Hall–Kier alpha value is -0.870. The fourth-order valence-electron chi connectivity index (χ4n) is 0.121. The highest BCUT2D eigenvalue weighted by molar-refractivity contribution is 5.59. The predicted molar refractivity (Wildman–Crippen MR) is 19.5 cm³/mol. The Morgan fingerprint density at radius 1 is 1.62 bits per heavy atom. The van der Waals surface area contributed by atoms with Gasteiger partial charge in [0.2, 0.25) is 0 Å². The van der Waals surface area contributed by atoms with Crippen LogP contribution in [0.2, 0.25) is 0 Å². The number of carbonyl (C=O) groups is 1. The zero-order chi connectivity index (χ0) is 6.57. The van der Waals surface area contributed by atoms with Crippen LogP contribution in [0, 0.1) is 0 Å². The van der Waals surface area contributed by atoms with Crippen molar-refractivity contribution in [1.29, 1.82) is 0 Å². The molecular formula is C3H4F2O3. The van der Waals surface area contributed by atoms with Gasteiger partial charge in [-0.3, -0.25) is 0 Å². The molecule has 8 heavy (non-hydrogen) atoms. The fraction of sp³-hybridized carbons (Fsp3) is 0.667. The minimum Gasteiger partial charge on any atom is -0.437 e. The average Bonchev–Trinajstić information content (AvgIpc) is 1.65. The molecule has 0 N–H and O–H groups in total. The highest BCUT2D eigenvalue weighted by atomic mass is 19.3. The normalized spacial score (nSPS) is 9.00. The molecule has 0 aliphatic carbocycles. The summed E-state index contributed by atoms with van der Waals surface area (Å²) < 4.78 is 28.8. The van der Waals surface area contributed by atoms with E-state index in [0.29, 0.717) is 0 Å². The summed E-state index contributed by atoms with van der Waals surface area (Å²) >= 11 is 0. The van der Waals surface area contributed by atoms with E-state index in [1.54, 1.807) is 0 Å². The lowest BCUT2D eigenvalue weighted by atomic mass is 11.3. The predicted octanol–water partition coefficient (Wildman–Crippen LogP) is 0.992. The van der Waals surface area contributed by atoms with Gasteiger partial charge >= 0.3 is 12.8 Å². The van der Waals surface area contributed by atoms with Crippen molar-refractivity contribution in [3.05, 3.63) is 0 Å². The molecule has 0 unspecified atom stereocenters. The van der Waals surface area contributed by atoms with E-state index in [1.807, 2.05) is 0 Å². The Balaban J connectivity index is 3.25. The van der Waals surface area contributed by atoms with Crippen LogP contribution in [-0.2, 0) is 9.47 Å². The molecule has 0 amide bonds. The largest absolute Gasteiger partial charge is 0.512 e. The summed E-state index contributed by atoms with van der Waals surface area (Å²) in [4.78, 5) is 9.70. The molecule has 0 saturated heterocycles. The summed E-state index contributed by atoms with van der Waals surface area (Å²) in [6.45, 7) is -3.09. The van der Waals surface area contributed by atoms with Gasteiger partial charge in [0.15, 0.2) is 0 Å². The van der Waals surface area contributed by atoms with Crippen LogP contribution in [0.15, 0.2) is 0 Å². The van der Waals surface area contributed by atoms with Gasteiger partial charge in [0.1, 0.15) is 0 Å². The summed E-state index contributed by atoms with van der Waals surface area (Å²) in [7, 11) is 0.949. The lowest BCUT2D eigenvalue weighted by Gasteiger charge is -1.97. The fourth-order valence-corrected chi connectivity index (χ4v) is 0.121. The van der Waals surface area contributed by atoms with E-state index in [9.17, 15) is 13.6 Å². The molecule has 0 aromatic carbocycles. The molecule has 0 heterocycles. The molecule has 0 radical (unpaired) electrons. The molecule has 0 atom stereocenters. The lowest BCUT2D eigenvalue weighted by molar-refractivity contribution is -0.102. The van der Waals surface area contributed by atoms with Crippen LogP contribution < -0.4 is 0 Å². The maximum absolute atomic E-state index is 10.9. The molecule has 0 saturated carbocycles. The molecule has 0 bridgehead atoms. The number of methoxy groups -OCH3 is 1. The van der Waals surface area contributed by atoms with Crippen molar-refractivity contribution in [1.82, 2.24) is 0 Å². The van der Waals surface area contributed by atoms with Crippen molar-refractivity contribution in [3.63, 3.8) is 0 Å². The van der Waals surface area contributed by atoms with Crippen molar-refractivity contribution in [2.45, 2.75) is 6.61 Å². The van der Waals surface area contributed by atoms with E-state index in [0.717, 1.165) is 7.11 Å². The first-order valence-electron chi connectivity index (χ1n) is 1.69. The topological polar surface area (TPSA) is 35.5 Å². The van der Waals surface area contributed by atoms with E-state index in [4.69, 9.17) is 0 Å². The Bertz CT molecular complexity index is 82.6. The van der Waals surface area contributed by atoms with Gasteiger partial charge in [-0.05, 0) is 0 Å². The van der Waals surface area contributed by atoms with Crippen molar-refractivity contribution < 1.29 is 23.0 Å². The lowest BCUT2D eigenvalue weighted by Crippen LogP contribution is -2.08. The second-order valence-electron chi connectivity index (χ2n) is 0.833. The maximum atomic E-state index is 10.9. The van der Waals surface area contributed by atoms with Crippen LogP contribution in [-0.4, -0.2) is 19.9 Å². The summed E-state index contributed by atoms with van der Waals surface area (Å²) in [5.74, 6) is 0. The van der Waals surface area contributed by atoms with Crippen molar-refractivity contribution in [2.75, 3.05) is 7.11 Å². The Morgan fingerprint density at radius 2 is 2.12 bits per heavy atom. The number of hydrogen-bond donors (Lipinski definition) is 0. The van der Waals surface area contributed by atoms with Crippen LogP contribution in [0.5, 0.6) is 0 Å². The first kappa shape index (κ1) is 7.13. The molecule has 0 fully saturated rings. The Kier molecular flexibility index (Phi) is 2.83. The zero-order valence-corrected chi connectivity index (χ0v) is 4.06. The van der Waals surface area contributed by atoms with Crippen molar-refractivity contribution in [2.24, 2.45) is 0 Å². The molecule has 0 rings (SSSR count). The van der Waals surface area contributed by atoms with E-state index >= 15 is 0 Å². The number of ether oxygens (including phenoxy) is 2. The number of hydrogen-bond acceptors (Lipinski definition) is 3. The van der Waals surface area contributed by atoms with Gasteiger partial charge in [-0.1, -0.05) is 0 Å². The highest BCUT2D eigenvalue weighted by Gasteiger charge is 2.08. The summed E-state index contributed by atoms with van der Waals surface area (Å²) in [5, 5.41) is 0. The SMILES string of the molecule is COC(=O)OC(F)F. The van der Waals surface area contributed by atoms with Gasteiger partial charge in [-0.15, -0.1) is 0 Å². The van der Waals surface area contributed by atoms with Gasteiger partial charge < -0.3 is 9.47 Å². The van der Waals surface area contributed by atoms with Gasteiger partial charge in [-0.25, -0.2) is 4.79 Å². The molecule has 3 nitrogen and oxygen atoms in total. The summed E-state index contributed by atoms with van der Waals surface area (Å²) in [5.41, 5.74) is 0. The first-order valence-corrected chi connectivity index (χ1v) is 1.69. The standard InChI is InChI=1S/C3H4F2O3/c1-7-3(6)8-2(4)5/h2H,1H3. The summed E-state index contributed by atoms with van der Waals surface area (Å²) in [6.07, 6.45) is -1.38. The Morgan fingerprint density at radius 3 is 2.25 bits per heavy atom. The average molecular weight is 126 g/mol. The van der Waals surface area contributed by atoms with E-state index in [2.05, 4.69) is 9.47 Å². The smallest absolute Gasteiger partial charge is 0.437 e. The van der Waals surface area contributed by atoms with Gasteiger partial charge in [0.25, 0.3) is 0 Å². The third kappa shape index (κ3) is 3.32. The third-order valence-electron chi connectivity index (χ3n) is 0.352. The van der Waals surface area contributed by atoms with E-state index in [-0.39, 0.29) is 0 Å². The van der Waals surface area contributed by atoms with Crippen LogP contribution in [0.25, 0.3) is 0 Å². The summed E-state index contributed by atoms with van der Waals surface area (Å²) in [6, 6.07) is 0. The van der Waals surface area contributed by atoms with Crippen LogP contribution >= 0.6 is 0 Å². The van der Waals surface area contributed by atoms with Crippen LogP contribution in [0.4, 0.5) is 13.6 Å². The maximum Gasteiger partial charge on any atom is 0.512 e. The van der Waals surface area contributed by atoms with Crippen molar-refractivity contribution in [3.8, 4) is 0 Å². The first-order chi connectivity index (χ1) is 3.66. The number of halogens is 2. The van der Waals surface area contributed by atoms with Crippen LogP contribution in [0.1, 0.15) is 0 Å². The molecule has 0 aromatic heterocycles. The minimum absolute atomic E-state index is 0.949. The molecule has 0 aromatic rings. The number of alkyl halides is 2. The quantitative estimate of drug-likeness (QED) is 0.491. The third-order valence-corrected chi connectivity index (χ3v) is 0.352. The molecule has 48 valence electrons. The van der Waals surface area contributed by atoms with Gasteiger partial charge in [0.05, 0.1) is 7.11 Å². The number of rotatable bonds is 1. The van der Waals surface area contributed by atoms with Crippen LogP contribution in [0.3, 0.4) is 0 Å².